The molecule has 0 atom stereocenters. The van der Waals surface area contributed by atoms with Crippen molar-refractivity contribution in [2.24, 2.45) is 0 Å². The lowest BCUT2D eigenvalue weighted by molar-refractivity contribution is -0.141. The molecule has 0 N–H and O–H groups in total. The van der Waals surface area contributed by atoms with E-state index < -0.39 is 0 Å². The summed E-state index contributed by atoms with van der Waals surface area (Å²) in [5.41, 5.74) is 1.02. The largest absolute Gasteiger partial charge is 0.469 e. The summed E-state index contributed by atoms with van der Waals surface area (Å²) in [5.74, 6) is 0.908. The van der Waals surface area contributed by atoms with E-state index >= 15 is 0 Å². The molecule has 20 heavy (non-hydrogen) atoms. The van der Waals surface area contributed by atoms with Crippen LogP contribution in [0, 0.1) is 6.92 Å². The first-order valence-electron chi connectivity index (χ1n) is 6.40. The maximum absolute atomic E-state index is 12.0. The third-order valence-corrected chi connectivity index (χ3v) is 4.46. The average Bonchev–Trinajstić information content (AvgIpc) is 2.84. The molecule has 1 aromatic rings. The number of amides is 1. The number of esters is 1. The Morgan fingerprint density at radius 1 is 1.50 bits per heavy atom. The van der Waals surface area contributed by atoms with Crippen LogP contribution in [0.5, 0.6) is 0 Å². The van der Waals surface area contributed by atoms with E-state index in [0.717, 1.165) is 16.5 Å². The smallest absolute Gasteiger partial charge is 0.307 e. The fourth-order valence-electron chi connectivity index (χ4n) is 1.60. The van der Waals surface area contributed by atoms with Crippen molar-refractivity contribution >= 4 is 35.0 Å². The summed E-state index contributed by atoms with van der Waals surface area (Å²) in [7, 11) is 1.35. The van der Waals surface area contributed by atoms with Crippen LogP contribution >= 0.6 is 23.1 Å². The van der Waals surface area contributed by atoms with Gasteiger partial charge in [0.2, 0.25) is 5.91 Å². The second-order valence-electron chi connectivity index (χ2n) is 4.15. The van der Waals surface area contributed by atoms with Crippen LogP contribution in [-0.4, -0.2) is 47.7 Å². The Labute approximate surface area is 127 Å². The molecule has 0 saturated carbocycles. The number of hydrogen-bond donors (Lipinski definition) is 0. The Bertz CT molecular complexity index is 449. The van der Waals surface area contributed by atoms with Crippen molar-refractivity contribution in [3.05, 3.63) is 16.1 Å². The van der Waals surface area contributed by atoms with Crippen molar-refractivity contribution in [3.63, 3.8) is 0 Å². The summed E-state index contributed by atoms with van der Waals surface area (Å²) in [6, 6.07) is 0. The average molecular weight is 316 g/mol. The first kappa shape index (κ1) is 17.0. The SMILES string of the molecule is CCN(CCC(=O)OC)C(=O)CSCc1csc(C)n1. The van der Waals surface area contributed by atoms with Gasteiger partial charge < -0.3 is 9.64 Å². The molecule has 0 aliphatic rings. The highest BCUT2D eigenvalue weighted by Crippen LogP contribution is 2.15. The highest BCUT2D eigenvalue weighted by Gasteiger charge is 2.13. The predicted octanol–water partition coefficient (Wildman–Crippen LogP) is 2.10. The van der Waals surface area contributed by atoms with Gasteiger partial charge in [0.15, 0.2) is 0 Å². The number of methoxy groups -OCH3 is 1. The van der Waals surface area contributed by atoms with Gasteiger partial charge >= 0.3 is 5.97 Å². The van der Waals surface area contributed by atoms with Crippen molar-refractivity contribution < 1.29 is 14.3 Å². The molecule has 0 aliphatic carbocycles. The minimum absolute atomic E-state index is 0.0494. The van der Waals surface area contributed by atoms with Crippen molar-refractivity contribution in [3.8, 4) is 0 Å². The van der Waals surface area contributed by atoms with Crippen molar-refractivity contribution in [2.45, 2.75) is 26.0 Å². The molecule has 1 aromatic heterocycles. The van der Waals surface area contributed by atoms with Gasteiger partial charge in [-0.3, -0.25) is 9.59 Å². The van der Waals surface area contributed by atoms with Gasteiger partial charge in [-0.1, -0.05) is 0 Å². The van der Waals surface area contributed by atoms with E-state index in [9.17, 15) is 9.59 Å². The number of carbonyl (C=O) groups is 2. The lowest BCUT2D eigenvalue weighted by Crippen LogP contribution is -2.34. The number of nitrogens with zero attached hydrogens (tertiary/aromatic N) is 2. The summed E-state index contributed by atoms with van der Waals surface area (Å²) in [5, 5.41) is 3.06. The van der Waals surface area contributed by atoms with Gasteiger partial charge in [-0.15, -0.1) is 23.1 Å². The minimum atomic E-state index is -0.290. The quantitative estimate of drug-likeness (QED) is 0.687. The number of rotatable bonds is 8. The van der Waals surface area contributed by atoms with Crippen molar-refractivity contribution in [2.75, 3.05) is 26.0 Å². The van der Waals surface area contributed by atoms with E-state index in [2.05, 4.69) is 9.72 Å². The standard InChI is InChI=1S/C13H20N2O3S2/c1-4-15(6-5-13(17)18-3)12(16)9-19-7-11-8-20-10(2)14-11/h8H,4-7,9H2,1-3H3. The van der Waals surface area contributed by atoms with Crippen LogP contribution < -0.4 is 0 Å². The van der Waals surface area contributed by atoms with E-state index in [4.69, 9.17) is 0 Å². The first-order valence-corrected chi connectivity index (χ1v) is 8.43. The zero-order chi connectivity index (χ0) is 15.0. The second-order valence-corrected chi connectivity index (χ2v) is 6.20. The highest BCUT2D eigenvalue weighted by molar-refractivity contribution is 7.99. The Morgan fingerprint density at radius 3 is 2.80 bits per heavy atom. The fraction of sp³-hybridized carbons (Fsp3) is 0.615. The normalized spacial score (nSPS) is 10.3. The van der Waals surface area contributed by atoms with Gasteiger partial charge in [-0.2, -0.15) is 0 Å². The van der Waals surface area contributed by atoms with Crippen LogP contribution in [-0.2, 0) is 20.1 Å². The Morgan fingerprint density at radius 2 is 2.25 bits per heavy atom. The van der Waals surface area contributed by atoms with Crippen LogP contribution in [0.1, 0.15) is 24.0 Å². The molecule has 1 heterocycles. The number of aromatic nitrogens is 1. The van der Waals surface area contributed by atoms with E-state index in [-0.39, 0.29) is 18.3 Å². The number of thiazole rings is 1. The Balaban J connectivity index is 2.30. The van der Waals surface area contributed by atoms with Gasteiger partial charge in [0, 0.05) is 24.2 Å². The molecular weight excluding hydrogens is 296 g/mol. The van der Waals surface area contributed by atoms with Crippen LogP contribution in [0.2, 0.25) is 0 Å². The first-order chi connectivity index (χ1) is 9.56. The summed E-state index contributed by atoms with van der Waals surface area (Å²) in [4.78, 5) is 29.1. The monoisotopic (exact) mass is 316 g/mol. The molecule has 7 heteroatoms. The molecule has 0 spiro atoms. The molecule has 0 radical (unpaired) electrons. The number of ether oxygens (including phenoxy) is 1. The van der Waals surface area contributed by atoms with Crippen LogP contribution in [0.25, 0.3) is 0 Å². The molecule has 0 unspecified atom stereocenters. The van der Waals surface area contributed by atoms with E-state index in [0.29, 0.717) is 18.8 Å². The van der Waals surface area contributed by atoms with Crippen LogP contribution in [0.4, 0.5) is 0 Å². The third-order valence-electron chi connectivity index (χ3n) is 2.69. The van der Waals surface area contributed by atoms with Gasteiger partial charge in [0.05, 0.1) is 30.0 Å². The maximum atomic E-state index is 12.0. The zero-order valence-corrected chi connectivity index (χ0v) is 13.7. The second kappa shape index (κ2) is 8.97. The van der Waals surface area contributed by atoms with Crippen LogP contribution in [0.15, 0.2) is 5.38 Å². The zero-order valence-electron chi connectivity index (χ0n) is 12.0. The minimum Gasteiger partial charge on any atom is -0.469 e. The molecule has 0 aromatic carbocycles. The van der Waals surface area contributed by atoms with Gasteiger partial charge in [0.25, 0.3) is 0 Å². The molecule has 112 valence electrons. The molecule has 0 bridgehead atoms. The predicted molar refractivity (Wildman–Crippen MR) is 81.9 cm³/mol. The highest BCUT2D eigenvalue weighted by atomic mass is 32.2. The van der Waals surface area contributed by atoms with Crippen molar-refractivity contribution in [1.29, 1.82) is 0 Å². The summed E-state index contributed by atoms with van der Waals surface area (Å²) in [6.07, 6.45) is 0.242. The van der Waals surface area contributed by atoms with Crippen molar-refractivity contribution in [1.82, 2.24) is 9.88 Å². The molecule has 0 aliphatic heterocycles. The van der Waals surface area contributed by atoms with Crippen LogP contribution in [0.3, 0.4) is 0 Å². The number of carbonyl (C=O) groups excluding carboxylic acids is 2. The summed E-state index contributed by atoms with van der Waals surface area (Å²) >= 11 is 3.16. The molecule has 1 amide bonds. The summed E-state index contributed by atoms with van der Waals surface area (Å²) < 4.78 is 4.58. The van der Waals surface area contributed by atoms with Gasteiger partial charge in [-0.25, -0.2) is 4.98 Å². The molecular formula is C13H20N2O3S2. The number of aryl methyl sites for hydroxylation is 1. The molecule has 0 saturated heterocycles. The molecule has 5 nitrogen and oxygen atoms in total. The fourth-order valence-corrected chi connectivity index (χ4v) is 3.13. The Hall–Kier alpha value is -1.08. The van der Waals surface area contributed by atoms with E-state index in [1.165, 1.54) is 7.11 Å². The van der Waals surface area contributed by atoms with Gasteiger partial charge in [-0.05, 0) is 13.8 Å². The van der Waals surface area contributed by atoms with Gasteiger partial charge in [0.1, 0.15) is 0 Å². The molecule has 1 rings (SSSR count). The lowest BCUT2D eigenvalue weighted by atomic mass is 10.3. The maximum Gasteiger partial charge on any atom is 0.307 e. The summed E-state index contributed by atoms with van der Waals surface area (Å²) in [6.45, 7) is 4.89. The Kier molecular flexibility index (Phi) is 7.61. The third kappa shape index (κ3) is 5.92. The van der Waals surface area contributed by atoms with E-state index in [1.54, 1.807) is 28.0 Å². The number of hydrogen-bond acceptors (Lipinski definition) is 6. The number of thioether (sulfide) groups is 1. The van der Waals surface area contributed by atoms with E-state index in [1.807, 2.05) is 19.2 Å². The topological polar surface area (TPSA) is 59.5 Å². The lowest BCUT2D eigenvalue weighted by Gasteiger charge is -2.19. The molecule has 0 fully saturated rings.